The molecule has 1 heterocycles. The van der Waals surface area contributed by atoms with Gasteiger partial charge in [-0.05, 0) is 30.5 Å². The number of nitrogens with one attached hydrogen (secondary N) is 1. The summed E-state index contributed by atoms with van der Waals surface area (Å²) in [6.07, 6.45) is 4.27. The van der Waals surface area contributed by atoms with Crippen molar-refractivity contribution in [3.63, 3.8) is 0 Å². The first-order valence-corrected chi connectivity index (χ1v) is 8.70. The lowest BCUT2D eigenvalue weighted by molar-refractivity contribution is -0.0756. The monoisotopic (exact) mass is 342 g/mol. The van der Waals surface area contributed by atoms with Gasteiger partial charge in [0, 0.05) is 18.5 Å². The first kappa shape index (κ1) is 16.1. The molecule has 1 N–H and O–H groups in total. The number of hydrogen-bond acceptors (Lipinski definition) is 1. The summed E-state index contributed by atoms with van der Waals surface area (Å²) in [6, 6.07) is 12.9. The Balaban J connectivity index is 1.62. The second-order valence-electron chi connectivity index (χ2n) is 6.90. The standard InChI is InChI=1S/C20H20F2N2O/c21-16-9-10-18(17(22)12-16)23-19(25)24-13-15-8-4-5-11-20(15,24)14-6-2-1-3-7-14/h1-3,6-7,9-10,12,15H,4-5,8,11,13H2,(H,23,25). The van der Waals surface area contributed by atoms with Gasteiger partial charge >= 0.3 is 6.03 Å². The van der Waals surface area contributed by atoms with Gasteiger partial charge in [-0.25, -0.2) is 13.6 Å². The van der Waals surface area contributed by atoms with Crippen molar-refractivity contribution in [2.45, 2.75) is 31.2 Å². The van der Waals surface area contributed by atoms with Crippen molar-refractivity contribution in [2.75, 3.05) is 11.9 Å². The normalized spacial score (nSPS) is 25.0. The third-order valence-electron chi connectivity index (χ3n) is 5.61. The zero-order valence-electron chi connectivity index (χ0n) is 13.8. The SMILES string of the molecule is O=C(Nc1ccc(F)cc1F)N1CC2CCCCC21c1ccccc1. The number of likely N-dealkylation sites (tertiary alicyclic amines) is 1. The third kappa shape index (κ3) is 2.58. The molecule has 5 heteroatoms. The molecule has 0 spiro atoms. The van der Waals surface area contributed by atoms with Crippen LogP contribution in [-0.2, 0) is 5.54 Å². The number of fused-ring (bicyclic) bond motifs is 1. The van der Waals surface area contributed by atoms with Crippen molar-refractivity contribution in [3.05, 3.63) is 65.7 Å². The molecule has 1 saturated carbocycles. The first-order valence-electron chi connectivity index (χ1n) is 8.70. The van der Waals surface area contributed by atoms with E-state index in [0.717, 1.165) is 37.0 Å². The molecule has 0 radical (unpaired) electrons. The van der Waals surface area contributed by atoms with E-state index in [-0.39, 0.29) is 17.3 Å². The molecule has 3 nitrogen and oxygen atoms in total. The number of halogens is 2. The number of amides is 2. The van der Waals surface area contributed by atoms with Crippen molar-refractivity contribution in [1.82, 2.24) is 4.90 Å². The number of carbonyl (C=O) groups is 1. The Labute approximate surface area is 145 Å². The van der Waals surface area contributed by atoms with Gasteiger partial charge < -0.3 is 10.2 Å². The molecule has 4 rings (SSSR count). The summed E-state index contributed by atoms with van der Waals surface area (Å²) in [7, 11) is 0. The van der Waals surface area contributed by atoms with Crippen molar-refractivity contribution in [3.8, 4) is 0 Å². The number of benzene rings is 2. The zero-order valence-corrected chi connectivity index (χ0v) is 13.8. The van der Waals surface area contributed by atoms with Crippen LogP contribution in [0.3, 0.4) is 0 Å². The maximum absolute atomic E-state index is 13.9. The van der Waals surface area contributed by atoms with Crippen LogP contribution in [-0.4, -0.2) is 17.5 Å². The minimum absolute atomic E-state index is 0.00821. The Hall–Kier alpha value is -2.43. The lowest BCUT2D eigenvalue weighted by Crippen LogP contribution is -2.68. The van der Waals surface area contributed by atoms with Crippen LogP contribution in [0.15, 0.2) is 48.5 Å². The second-order valence-corrected chi connectivity index (χ2v) is 6.90. The van der Waals surface area contributed by atoms with Gasteiger partial charge in [0.15, 0.2) is 0 Å². The van der Waals surface area contributed by atoms with Gasteiger partial charge in [0.25, 0.3) is 0 Å². The predicted octanol–water partition coefficient (Wildman–Crippen LogP) is 4.90. The summed E-state index contributed by atoms with van der Waals surface area (Å²) < 4.78 is 26.9. The Morgan fingerprint density at radius 3 is 2.64 bits per heavy atom. The maximum atomic E-state index is 13.9. The van der Waals surface area contributed by atoms with Gasteiger partial charge in [0.1, 0.15) is 11.6 Å². The van der Waals surface area contributed by atoms with Crippen LogP contribution < -0.4 is 5.32 Å². The minimum Gasteiger partial charge on any atom is -0.314 e. The number of rotatable bonds is 2. The molecule has 2 amide bonds. The molecular weight excluding hydrogens is 322 g/mol. The molecule has 1 aliphatic heterocycles. The van der Waals surface area contributed by atoms with Gasteiger partial charge in [0.05, 0.1) is 11.2 Å². The van der Waals surface area contributed by atoms with E-state index in [0.29, 0.717) is 12.5 Å². The quantitative estimate of drug-likeness (QED) is 0.827. The number of hydrogen-bond donors (Lipinski definition) is 1. The highest BCUT2D eigenvalue weighted by Gasteiger charge is 2.57. The van der Waals surface area contributed by atoms with Crippen molar-refractivity contribution in [2.24, 2.45) is 5.92 Å². The Morgan fingerprint density at radius 1 is 1.12 bits per heavy atom. The summed E-state index contributed by atoms with van der Waals surface area (Å²) in [5.41, 5.74) is 0.842. The highest BCUT2D eigenvalue weighted by atomic mass is 19.1. The second kappa shape index (κ2) is 6.14. The first-order chi connectivity index (χ1) is 12.1. The van der Waals surface area contributed by atoms with Crippen LogP contribution in [0.1, 0.15) is 31.2 Å². The molecular formula is C20H20F2N2O. The fraction of sp³-hybridized carbons (Fsp3) is 0.350. The summed E-state index contributed by atoms with van der Waals surface area (Å²) in [4.78, 5) is 14.6. The molecule has 2 aromatic carbocycles. The molecule has 2 unspecified atom stereocenters. The summed E-state index contributed by atoms with van der Waals surface area (Å²) in [5.74, 6) is -0.983. The van der Waals surface area contributed by atoms with Gasteiger partial charge in [-0.15, -0.1) is 0 Å². The van der Waals surface area contributed by atoms with E-state index in [1.807, 2.05) is 23.1 Å². The topological polar surface area (TPSA) is 32.3 Å². The molecule has 2 aliphatic rings. The van der Waals surface area contributed by atoms with Gasteiger partial charge in [0.2, 0.25) is 0 Å². The van der Waals surface area contributed by atoms with E-state index >= 15 is 0 Å². The fourth-order valence-electron chi connectivity index (χ4n) is 4.40. The maximum Gasteiger partial charge on any atom is 0.322 e. The van der Waals surface area contributed by atoms with E-state index < -0.39 is 11.6 Å². The van der Waals surface area contributed by atoms with Gasteiger partial charge in [-0.3, -0.25) is 0 Å². The summed E-state index contributed by atoms with van der Waals surface area (Å²) >= 11 is 0. The highest BCUT2D eigenvalue weighted by molar-refractivity contribution is 5.91. The molecule has 2 aromatic rings. The summed E-state index contributed by atoms with van der Waals surface area (Å²) in [6.45, 7) is 0.670. The van der Waals surface area contributed by atoms with E-state index in [9.17, 15) is 13.6 Å². The smallest absolute Gasteiger partial charge is 0.314 e. The van der Waals surface area contributed by atoms with Crippen LogP contribution in [0.4, 0.5) is 19.3 Å². The molecule has 1 aliphatic carbocycles. The fourth-order valence-corrected chi connectivity index (χ4v) is 4.40. The largest absolute Gasteiger partial charge is 0.322 e. The predicted molar refractivity (Wildman–Crippen MR) is 92.2 cm³/mol. The number of carbonyl (C=O) groups excluding carboxylic acids is 1. The molecule has 2 atom stereocenters. The van der Waals surface area contributed by atoms with E-state index in [2.05, 4.69) is 17.4 Å². The molecule has 0 bridgehead atoms. The van der Waals surface area contributed by atoms with E-state index in [1.54, 1.807) is 0 Å². The van der Waals surface area contributed by atoms with Gasteiger partial charge in [-0.2, -0.15) is 0 Å². The molecule has 1 saturated heterocycles. The third-order valence-corrected chi connectivity index (χ3v) is 5.61. The number of anilines is 1. The lowest BCUT2D eigenvalue weighted by atomic mass is 9.62. The van der Waals surface area contributed by atoms with E-state index in [1.165, 1.54) is 12.5 Å². The lowest BCUT2D eigenvalue weighted by Gasteiger charge is -2.61. The highest BCUT2D eigenvalue weighted by Crippen LogP contribution is 2.53. The van der Waals surface area contributed by atoms with Gasteiger partial charge in [-0.1, -0.05) is 43.2 Å². The van der Waals surface area contributed by atoms with Crippen molar-refractivity contribution in [1.29, 1.82) is 0 Å². The Morgan fingerprint density at radius 2 is 1.92 bits per heavy atom. The molecule has 25 heavy (non-hydrogen) atoms. The average molecular weight is 342 g/mol. The zero-order chi connectivity index (χ0) is 17.4. The molecule has 0 aromatic heterocycles. The summed E-state index contributed by atoms with van der Waals surface area (Å²) in [5, 5.41) is 2.61. The number of urea groups is 1. The van der Waals surface area contributed by atoms with Crippen LogP contribution in [0.5, 0.6) is 0 Å². The average Bonchev–Trinajstić information content (AvgIpc) is 2.59. The van der Waals surface area contributed by atoms with E-state index in [4.69, 9.17) is 0 Å². The minimum atomic E-state index is -0.761. The Kier molecular flexibility index (Phi) is 3.94. The van der Waals surface area contributed by atoms with Crippen LogP contribution in [0, 0.1) is 17.6 Å². The van der Waals surface area contributed by atoms with Crippen LogP contribution in [0.25, 0.3) is 0 Å². The van der Waals surface area contributed by atoms with Crippen molar-refractivity contribution < 1.29 is 13.6 Å². The molecule has 130 valence electrons. The van der Waals surface area contributed by atoms with Crippen molar-refractivity contribution >= 4 is 11.7 Å². The number of nitrogens with zero attached hydrogens (tertiary/aromatic N) is 1. The van der Waals surface area contributed by atoms with Crippen LogP contribution >= 0.6 is 0 Å². The molecule has 2 fully saturated rings. The Bertz CT molecular complexity index is 796. The van der Waals surface area contributed by atoms with Crippen LogP contribution in [0.2, 0.25) is 0 Å².